The summed E-state index contributed by atoms with van der Waals surface area (Å²) in [6.07, 6.45) is 7.41. The Balaban J connectivity index is 1.48. The lowest BCUT2D eigenvalue weighted by Crippen LogP contribution is -2.12. The summed E-state index contributed by atoms with van der Waals surface area (Å²) in [4.78, 5) is 13.6. The van der Waals surface area contributed by atoms with E-state index >= 15 is 0 Å². The van der Waals surface area contributed by atoms with E-state index in [9.17, 15) is 10.1 Å². The molecule has 2 heterocycles. The molecule has 138 valence electrons. The van der Waals surface area contributed by atoms with Crippen LogP contribution in [0.25, 0.3) is 6.08 Å². The zero-order valence-electron chi connectivity index (χ0n) is 15.1. The van der Waals surface area contributed by atoms with Crippen molar-refractivity contribution in [3.05, 3.63) is 45.8 Å². The zero-order valence-corrected chi connectivity index (χ0v) is 15.9. The van der Waals surface area contributed by atoms with Crippen molar-refractivity contribution < 1.29 is 14.3 Å². The third-order valence-electron chi connectivity index (χ3n) is 5.12. The van der Waals surface area contributed by atoms with Crippen molar-refractivity contribution in [1.82, 2.24) is 0 Å². The average Bonchev–Trinajstić information content (AvgIpc) is 3.28. The maximum atomic E-state index is 12.4. The van der Waals surface area contributed by atoms with Gasteiger partial charge < -0.3 is 14.8 Å². The molecule has 1 amide bonds. The highest BCUT2D eigenvalue weighted by atomic mass is 32.1. The Labute approximate surface area is 162 Å². The highest BCUT2D eigenvalue weighted by Gasteiger charge is 2.25. The predicted octanol–water partition coefficient (Wildman–Crippen LogP) is 4.52. The van der Waals surface area contributed by atoms with E-state index in [0.29, 0.717) is 28.0 Å². The number of hydrogen-bond donors (Lipinski definition) is 1. The van der Waals surface area contributed by atoms with Gasteiger partial charge in [-0.2, -0.15) is 5.26 Å². The lowest BCUT2D eigenvalue weighted by atomic mass is 9.86. The Morgan fingerprint density at radius 3 is 3.07 bits per heavy atom. The largest absolute Gasteiger partial charge is 0.454 e. The molecule has 0 bridgehead atoms. The number of thiophene rings is 1. The fraction of sp³-hybridized carbons (Fsp3) is 0.333. The van der Waals surface area contributed by atoms with Crippen LogP contribution < -0.4 is 14.8 Å². The van der Waals surface area contributed by atoms with Gasteiger partial charge in [0, 0.05) is 11.0 Å². The number of nitrogens with zero attached hydrogens (tertiary/aromatic N) is 1. The number of rotatable bonds is 4. The van der Waals surface area contributed by atoms with Crippen LogP contribution in [-0.2, 0) is 17.6 Å². The molecule has 6 heteroatoms. The van der Waals surface area contributed by atoms with E-state index in [1.807, 2.05) is 18.2 Å². The number of amides is 1. The van der Waals surface area contributed by atoms with Crippen molar-refractivity contribution in [2.45, 2.75) is 32.6 Å². The second-order valence-electron chi connectivity index (χ2n) is 6.77. The zero-order chi connectivity index (χ0) is 18.8. The maximum Gasteiger partial charge on any atom is 0.249 e. The van der Waals surface area contributed by atoms with Gasteiger partial charge in [-0.25, -0.2) is 0 Å². The summed E-state index contributed by atoms with van der Waals surface area (Å²) < 4.78 is 10.6. The summed E-state index contributed by atoms with van der Waals surface area (Å²) >= 11 is 1.55. The number of carbonyl (C=O) groups excluding carboxylic acids is 1. The Bertz CT molecular complexity index is 955. The molecule has 2 aliphatic rings. The van der Waals surface area contributed by atoms with Gasteiger partial charge in [-0.3, -0.25) is 4.79 Å². The maximum absolute atomic E-state index is 12.4. The average molecular weight is 380 g/mol. The molecule has 1 N–H and O–H groups in total. The van der Waals surface area contributed by atoms with Crippen LogP contribution in [0.3, 0.4) is 0 Å². The normalized spacial score (nSPS) is 17.6. The van der Waals surface area contributed by atoms with Crippen LogP contribution in [0.5, 0.6) is 11.5 Å². The molecule has 0 unspecified atom stereocenters. The summed E-state index contributed by atoms with van der Waals surface area (Å²) in [5.74, 6) is 1.83. The van der Waals surface area contributed by atoms with Crippen molar-refractivity contribution in [3.63, 3.8) is 0 Å². The van der Waals surface area contributed by atoms with Crippen LogP contribution in [0.4, 0.5) is 5.00 Å². The summed E-state index contributed by atoms with van der Waals surface area (Å²) in [5, 5.41) is 13.1. The number of ether oxygens (including phenoxy) is 2. The smallest absolute Gasteiger partial charge is 0.249 e. The molecule has 1 aromatic carbocycles. The van der Waals surface area contributed by atoms with Gasteiger partial charge in [-0.15, -0.1) is 11.3 Å². The Morgan fingerprint density at radius 1 is 1.41 bits per heavy atom. The third-order valence-corrected chi connectivity index (χ3v) is 6.29. The summed E-state index contributed by atoms with van der Waals surface area (Å²) in [6, 6.07) is 7.81. The Morgan fingerprint density at radius 2 is 2.26 bits per heavy atom. The first kappa shape index (κ1) is 17.6. The minimum Gasteiger partial charge on any atom is -0.454 e. The van der Waals surface area contributed by atoms with Crippen LogP contribution >= 0.6 is 11.3 Å². The van der Waals surface area contributed by atoms with Gasteiger partial charge in [-0.1, -0.05) is 19.4 Å². The number of nitriles is 1. The second kappa shape index (κ2) is 7.45. The quantitative estimate of drug-likeness (QED) is 0.792. The Kier molecular flexibility index (Phi) is 4.87. The lowest BCUT2D eigenvalue weighted by molar-refractivity contribution is -0.111. The molecular formula is C21H20N2O3S. The third kappa shape index (κ3) is 3.56. The molecule has 5 nitrogen and oxygen atoms in total. The summed E-state index contributed by atoms with van der Waals surface area (Å²) in [5.41, 5.74) is 2.61. The van der Waals surface area contributed by atoms with E-state index in [0.717, 1.165) is 36.8 Å². The molecule has 1 aliphatic carbocycles. The molecule has 0 radical (unpaired) electrons. The fourth-order valence-electron chi connectivity index (χ4n) is 3.55. The van der Waals surface area contributed by atoms with Gasteiger partial charge in [0.05, 0.1) is 5.56 Å². The molecule has 0 spiro atoms. The monoisotopic (exact) mass is 380 g/mol. The number of fused-ring (bicyclic) bond motifs is 2. The number of carbonyl (C=O) groups is 1. The molecule has 0 fully saturated rings. The molecule has 4 rings (SSSR count). The van der Waals surface area contributed by atoms with Crippen LogP contribution in [0, 0.1) is 17.2 Å². The fourth-order valence-corrected chi connectivity index (χ4v) is 4.87. The van der Waals surface area contributed by atoms with Crippen LogP contribution in [0.1, 0.15) is 41.3 Å². The van der Waals surface area contributed by atoms with E-state index in [2.05, 4.69) is 18.3 Å². The highest BCUT2D eigenvalue weighted by Crippen LogP contribution is 2.40. The molecule has 1 aromatic heterocycles. The summed E-state index contributed by atoms with van der Waals surface area (Å²) in [7, 11) is 0. The SMILES string of the molecule is CC[C@@H]1CCc2c(sc(NC(=O)/C=C/c3ccc4c(c3)OCO4)c2C#N)C1. The highest BCUT2D eigenvalue weighted by molar-refractivity contribution is 7.16. The van der Waals surface area contributed by atoms with Crippen molar-refractivity contribution in [1.29, 1.82) is 5.26 Å². The molecule has 27 heavy (non-hydrogen) atoms. The van der Waals surface area contributed by atoms with Gasteiger partial charge in [0.15, 0.2) is 11.5 Å². The molecule has 1 atom stereocenters. The standard InChI is InChI=1S/C21H20N2O3S/c1-2-13-3-6-15-16(11-22)21(27-19(15)10-13)23-20(24)8-5-14-4-7-17-18(9-14)26-12-25-17/h4-5,7-9,13H,2-3,6,10,12H2,1H3,(H,23,24)/b8-5+/t13-/m1/s1. The molecule has 1 aliphatic heterocycles. The lowest BCUT2D eigenvalue weighted by Gasteiger charge is -2.20. The number of benzene rings is 1. The molecule has 0 saturated carbocycles. The number of anilines is 1. The van der Waals surface area contributed by atoms with E-state index in [1.165, 1.54) is 11.0 Å². The van der Waals surface area contributed by atoms with Gasteiger partial charge in [0.25, 0.3) is 0 Å². The molecule has 0 saturated heterocycles. The van der Waals surface area contributed by atoms with E-state index < -0.39 is 0 Å². The topological polar surface area (TPSA) is 71.3 Å². The van der Waals surface area contributed by atoms with Crippen molar-refractivity contribution in [3.8, 4) is 17.6 Å². The predicted molar refractivity (Wildman–Crippen MR) is 105 cm³/mol. The van der Waals surface area contributed by atoms with Crippen molar-refractivity contribution in [2.75, 3.05) is 12.1 Å². The van der Waals surface area contributed by atoms with Crippen LogP contribution in [0.15, 0.2) is 24.3 Å². The minimum absolute atomic E-state index is 0.224. The number of nitrogens with one attached hydrogen (secondary N) is 1. The first-order chi connectivity index (χ1) is 13.2. The van der Waals surface area contributed by atoms with Gasteiger partial charge >= 0.3 is 0 Å². The van der Waals surface area contributed by atoms with Gasteiger partial charge in [-0.05, 0) is 54.5 Å². The van der Waals surface area contributed by atoms with Gasteiger partial charge in [0.2, 0.25) is 12.7 Å². The van der Waals surface area contributed by atoms with E-state index in [1.54, 1.807) is 17.4 Å². The Hall–Kier alpha value is -2.78. The van der Waals surface area contributed by atoms with E-state index in [4.69, 9.17) is 9.47 Å². The van der Waals surface area contributed by atoms with E-state index in [-0.39, 0.29) is 12.7 Å². The van der Waals surface area contributed by atoms with Crippen LogP contribution in [0.2, 0.25) is 0 Å². The first-order valence-electron chi connectivity index (χ1n) is 9.11. The van der Waals surface area contributed by atoms with Crippen molar-refractivity contribution >= 4 is 28.3 Å². The number of hydrogen-bond acceptors (Lipinski definition) is 5. The molecule has 2 aromatic rings. The first-order valence-corrected chi connectivity index (χ1v) is 9.93. The molecular weight excluding hydrogens is 360 g/mol. The van der Waals surface area contributed by atoms with Crippen LogP contribution in [-0.4, -0.2) is 12.7 Å². The van der Waals surface area contributed by atoms with Crippen molar-refractivity contribution in [2.24, 2.45) is 5.92 Å². The second-order valence-corrected chi connectivity index (χ2v) is 7.88. The van der Waals surface area contributed by atoms with Gasteiger partial charge in [0.1, 0.15) is 11.1 Å². The minimum atomic E-state index is -0.241. The summed E-state index contributed by atoms with van der Waals surface area (Å²) in [6.45, 7) is 2.43.